The zero-order chi connectivity index (χ0) is 14.5. The van der Waals surface area contributed by atoms with E-state index in [9.17, 15) is 4.79 Å². The van der Waals surface area contributed by atoms with E-state index < -0.39 is 5.97 Å². The number of anilines is 1. The molecule has 20 heavy (non-hydrogen) atoms. The Morgan fingerprint density at radius 2 is 2.20 bits per heavy atom. The summed E-state index contributed by atoms with van der Waals surface area (Å²) in [6.45, 7) is 2.46. The number of benzene rings is 1. The van der Waals surface area contributed by atoms with Crippen molar-refractivity contribution in [2.45, 2.75) is 13.5 Å². The quantitative estimate of drug-likeness (QED) is 0.859. The molecule has 6 heteroatoms. The molecule has 0 radical (unpaired) electrons. The van der Waals surface area contributed by atoms with Crippen LogP contribution in [-0.4, -0.2) is 25.2 Å². The molecule has 1 N–H and O–H groups in total. The third kappa shape index (κ3) is 3.27. The molecule has 0 aliphatic heterocycles. The normalized spacial score (nSPS) is 10.2. The fourth-order valence-electron chi connectivity index (χ4n) is 1.72. The van der Waals surface area contributed by atoms with Gasteiger partial charge in [0.1, 0.15) is 5.75 Å². The second kappa shape index (κ2) is 6.38. The van der Waals surface area contributed by atoms with Gasteiger partial charge in [-0.25, -0.2) is 9.78 Å². The van der Waals surface area contributed by atoms with Crippen LogP contribution in [0.1, 0.15) is 20.9 Å². The number of carbonyl (C=O) groups is 1. The van der Waals surface area contributed by atoms with Crippen LogP contribution in [0.5, 0.6) is 5.75 Å². The smallest absolute Gasteiger partial charge is 0.357 e. The van der Waals surface area contributed by atoms with E-state index in [1.165, 1.54) is 18.4 Å². The second-order valence-electron chi connectivity index (χ2n) is 4.12. The van der Waals surface area contributed by atoms with Crippen LogP contribution in [0.3, 0.4) is 0 Å². The van der Waals surface area contributed by atoms with Crippen molar-refractivity contribution < 1.29 is 14.3 Å². The average Bonchev–Trinajstić information content (AvgIpc) is 2.85. The lowest BCUT2D eigenvalue weighted by atomic mass is 10.2. The van der Waals surface area contributed by atoms with Crippen molar-refractivity contribution in [3.8, 4) is 5.75 Å². The lowest BCUT2D eigenvalue weighted by Crippen LogP contribution is -2.04. The highest BCUT2D eigenvalue weighted by Crippen LogP contribution is 2.23. The summed E-state index contributed by atoms with van der Waals surface area (Å²) in [4.78, 5) is 16.6. The summed E-state index contributed by atoms with van der Waals surface area (Å²) in [5.74, 6) is 0.406. The Hall–Kier alpha value is -2.08. The van der Waals surface area contributed by atoms with Gasteiger partial charge in [-0.3, -0.25) is 0 Å². The van der Waals surface area contributed by atoms with Gasteiger partial charge in [0.25, 0.3) is 0 Å². The Labute approximate surface area is 121 Å². The molecule has 2 aromatic rings. The van der Waals surface area contributed by atoms with Gasteiger partial charge in [0.2, 0.25) is 0 Å². The molecule has 0 saturated heterocycles. The number of nitrogens with zero attached hydrogens (tertiary/aromatic N) is 1. The van der Waals surface area contributed by atoms with Gasteiger partial charge in [0.05, 0.1) is 14.2 Å². The lowest BCUT2D eigenvalue weighted by molar-refractivity contribution is 0.0594. The maximum atomic E-state index is 11.5. The summed E-state index contributed by atoms with van der Waals surface area (Å²) >= 11 is 1.43. The van der Waals surface area contributed by atoms with Crippen LogP contribution in [0, 0.1) is 6.92 Å². The summed E-state index contributed by atoms with van der Waals surface area (Å²) in [6.07, 6.45) is 0. The minimum Gasteiger partial charge on any atom is -0.497 e. The van der Waals surface area contributed by atoms with E-state index in [-0.39, 0.29) is 0 Å². The number of ether oxygens (including phenoxy) is 2. The van der Waals surface area contributed by atoms with Crippen LogP contribution in [0.15, 0.2) is 24.3 Å². The topological polar surface area (TPSA) is 60.5 Å². The van der Waals surface area contributed by atoms with Crippen molar-refractivity contribution in [2.75, 3.05) is 19.5 Å². The summed E-state index contributed by atoms with van der Waals surface area (Å²) in [7, 11) is 2.99. The van der Waals surface area contributed by atoms with Crippen LogP contribution >= 0.6 is 11.3 Å². The molecule has 0 unspecified atom stereocenters. The number of rotatable bonds is 5. The highest BCUT2D eigenvalue weighted by Gasteiger charge is 2.15. The molecule has 0 spiro atoms. The second-order valence-corrected chi connectivity index (χ2v) is 5.32. The molecule has 0 aliphatic rings. The predicted molar refractivity (Wildman–Crippen MR) is 78.5 cm³/mol. The van der Waals surface area contributed by atoms with E-state index in [2.05, 4.69) is 15.0 Å². The van der Waals surface area contributed by atoms with Gasteiger partial charge < -0.3 is 14.8 Å². The first-order valence-electron chi connectivity index (χ1n) is 6.06. The number of aromatic nitrogens is 1. The Kier molecular flexibility index (Phi) is 4.57. The van der Waals surface area contributed by atoms with E-state index in [0.717, 1.165) is 16.2 Å². The Morgan fingerprint density at radius 1 is 1.40 bits per heavy atom. The van der Waals surface area contributed by atoms with E-state index in [0.29, 0.717) is 17.4 Å². The number of nitrogens with one attached hydrogen (secondary N) is 1. The van der Waals surface area contributed by atoms with Gasteiger partial charge in [-0.2, -0.15) is 0 Å². The van der Waals surface area contributed by atoms with Gasteiger partial charge in [0.15, 0.2) is 10.8 Å². The number of thiazole rings is 1. The first-order chi connectivity index (χ1) is 9.63. The molecule has 0 amide bonds. The van der Waals surface area contributed by atoms with E-state index >= 15 is 0 Å². The van der Waals surface area contributed by atoms with Gasteiger partial charge in [-0.05, 0) is 24.6 Å². The molecule has 1 aromatic carbocycles. The van der Waals surface area contributed by atoms with Crippen LogP contribution in [0.25, 0.3) is 0 Å². The molecule has 0 saturated carbocycles. The van der Waals surface area contributed by atoms with Gasteiger partial charge in [-0.15, -0.1) is 11.3 Å². The maximum absolute atomic E-state index is 11.5. The minimum absolute atomic E-state index is 0.366. The molecule has 0 bridgehead atoms. The van der Waals surface area contributed by atoms with Gasteiger partial charge in [0, 0.05) is 11.4 Å². The SMILES string of the molecule is COC(=O)c1nc(NCc2cccc(OC)c2)sc1C. The summed E-state index contributed by atoms with van der Waals surface area (Å²) < 4.78 is 9.86. The molecule has 5 nitrogen and oxygen atoms in total. The van der Waals surface area contributed by atoms with Gasteiger partial charge >= 0.3 is 5.97 Å². The molecule has 0 aliphatic carbocycles. The Morgan fingerprint density at radius 3 is 2.90 bits per heavy atom. The molecule has 1 heterocycles. The number of carbonyl (C=O) groups excluding carboxylic acids is 1. The maximum Gasteiger partial charge on any atom is 0.357 e. The summed E-state index contributed by atoms with van der Waals surface area (Å²) in [5.41, 5.74) is 1.45. The predicted octanol–water partition coefficient (Wildman–Crippen LogP) is 2.86. The number of aryl methyl sites for hydroxylation is 1. The lowest BCUT2D eigenvalue weighted by Gasteiger charge is -2.05. The van der Waals surface area contributed by atoms with Crippen LogP contribution in [0.2, 0.25) is 0 Å². The number of esters is 1. The van der Waals surface area contributed by atoms with Gasteiger partial charge in [-0.1, -0.05) is 12.1 Å². The summed E-state index contributed by atoms with van der Waals surface area (Å²) in [5, 5.41) is 3.90. The van der Waals surface area contributed by atoms with E-state index in [1.54, 1.807) is 7.11 Å². The number of hydrogen-bond donors (Lipinski definition) is 1. The van der Waals surface area contributed by atoms with Crippen LogP contribution in [0.4, 0.5) is 5.13 Å². The van der Waals surface area contributed by atoms with Crippen molar-refractivity contribution >= 4 is 22.4 Å². The first kappa shape index (κ1) is 14.3. The number of hydrogen-bond acceptors (Lipinski definition) is 6. The van der Waals surface area contributed by atoms with Crippen molar-refractivity contribution in [3.05, 3.63) is 40.4 Å². The standard InChI is InChI=1S/C14H16N2O3S/c1-9-12(13(17)19-3)16-14(20-9)15-8-10-5-4-6-11(7-10)18-2/h4-7H,8H2,1-3H3,(H,15,16). The third-order valence-electron chi connectivity index (χ3n) is 2.75. The fraction of sp³-hybridized carbons (Fsp3) is 0.286. The highest BCUT2D eigenvalue weighted by molar-refractivity contribution is 7.15. The Balaban J connectivity index is 2.05. The third-order valence-corrected chi connectivity index (χ3v) is 3.68. The first-order valence-corrected chi connectivity index (χ1v) is 6.88. The average molecular weight is 292 g/mol. The zero-order valence-electron chi connectivity index (χ0n) is 11.6. The van der Waals surface area contributed by atoms with Crippen molar-refractivity contribution in [2.24, 2.45) is 0 Å². The minimum atomic E-state index is -0.409. The molecule has 0 fully saturated rings. The molecule has 2 rings (SSSR count). The van der Waals surface area contributed by atoms with Crippen molar-refractivity contribution in [1.29, 1.82) is 0 Å². The fourth-order valence-corrected chi connectivity index (χ4v) is 2.52. The Bertz CT molecular complexity index is 610. The highest BCUT2D eigenvalue weighted by atomic mass is 32.1. The molecule has 1 aromatic heterocycles. The summed E-state index contributed by atoms with van der Waals surface area (Å²) in [6, 6.07) is 7.78. The molecule has 0 atom stereocenters. The largest absolute Gasteiger partial charge is 0.497 e. The van der Waals surface area contributed by atoms with E-state index in [1.807, 2.05) is 31.2 Å². The van der Waals surface area contributed by atoms with Crippen molar-refractivity contribution in [1.82, 2.24) is 4.98 Å². The molecular weight excluding hydrogens is 276 g/mol. The van der Waals surface area contributed by atoms with Crippen LogP contribution < -0.4 is 10.1 Å². The monoisotopic (exact) mass is 292 g/mol. The molecular formula is C14H16N2O3S. The van der Waals surface area contributed by atoms with E-state index in [4.69, 9.17) is 4.74 Å². The van der Waals surface area contributed by atoms with Crippen molar-refractivity contribution in [3.63, 3.8) is 0 Å². The number of methoxy groups -OCH3 is 2. The van der Waals surface area contributed by atoms with Crippen LogP contribution in [-0.2, 0) is 11.3 Å². The molecule has 106 valence electrons. The zero-order valence-corrected chi connectivity index (χ0v) is 12.4.